The van der Waals surface area contributed by atoms with Crippen molar-refractivity contribution in [1.29, 1.82) is 0 Å². The van der Waals surface area contributed by atoms with E-state index in [0.29, 0.717) is 5.75 Å². The summed E-state index contributed by atoms with van der Waals surface area (Å²) in [5.41, 5.74) is 3.11. The third-order valence-corrected chi connectivity index (χ3v) is 3.83. The predicted octanol–water partition coefficient (Wildman–Crippen LogP) is 3.76. The molecule has 0 spiro atoms. The summed E-state index contributed by atoms with van der Waals surface area (Å²) >= 11 is 0. The number of methoxy groups -OCH3 is 1. The standard InChI is InChI=1S/C19H20N2O3/c1-13(22)24-19-6-4-3-5-18(19)20-10-9-14-12-21-17-8-7-15(23-2)11-16(14)17/h3-8,11-12,20-21H,9-10H2,1-2H3. The largest absolute Gasteiger partial charge is 0.497 e. The highest BCUT2D eigenvalue weighted by molar-refractivity contribution is 5.84. The molecule has 1 heterocycles. The van der Waals surface area contributed by atoms with E-state index < -0.39 is 0 Å². The highest BCUT2D eigenvalue weighted by Gasteiger charge is 2.07. The summed E-state index contributed by atoms with van der Waals surface area (Å²) in [6, 6.07) is 13.4. The first-order chi connectivity index (χ1) is 11.7. The van der Waals surface area contributed by atoms with Crippen LogP contribution in [0.1, 0.15) is 12.5 Å². The van der Waals surface area contributed by atoms with Gasteiger partial charge in [0.05, 0.1) is 12.8 Å². The number of rotatable bonds is 6. The second-order valence-corrected chi connectivity index (χ2v) is 5.49. The molecule has 5 heteroatoms. The number of hydrogen-bond acceptors (Lipinski definition) is 4. The van der Waals surface area contributed by atoms with Crippen molar-refractivity contribution in [3.05, 3.63) is 54.2 Å². The Morgan fingerprint density at radius 2 is 2.04 bits per heavy atom. The molecule has 24 heavy (non-hydrogen) atoms. The number of esters is 1. The van der Waals surface area contributed by atoms with Crippen LogP contribution in [0.25, 0.3) is 10.9 Å². The number of ether oxygens (including phenoxy) is 2. The van der Waals surface area contributed by atoms with Gasteiger partial charge in [0, 0.05) is 30.6 Å². The Balaban J connectivity index is 1.70. The molecular weight excluding hydrogens is 304 g/mol. The summed E-state index contributed by atoms with van der Waals surface area (Å²) in [4.78, 5) is 14.4. The van der Waals surface area contributed by atoms with Crippen LogP contribution in [0.2, 0.25) is 0 Å². The van der Waals surface area contributed by atoms with Crippen LogP contribution < -0.4 is 14.8 Å². The molecule has 124 valence electrons. The first-order valence-corrected chi connectivity index (χ1v) is 7.82. The zero-order chi connectivity index (χ0) is 16.9. The summed E-state index contributed by atoms with van der Waals surface area (Å²) in [6.45, 7) is 2.12. The molecule has 0 saturated carbocycles. The maximum atomic E-state index is 11.2. The number of benzene rings is 2. The van der Waals surface area contributed by atoms with Gasteiger partial charge in [-0.2, -0.15) is 0 Å². The number of aromatic nitrogens is 1. The molecule has 1 aromatic heterocycles. The minimum atomic E-state index is -0.326. The van der Waals surface area contributed by atoms with Gasteiger partial charge in [-0.15, -0.1) is 0 Å². The average Bonchev–Trinajstić information content (AvgIpc) is 2.98. The van der Waals surface area contributed by atoms with Gasteiger partial charge in [-0.1, -0.05) is 12.1 Å². The molecule has 3 rings (SSSR count). The summed E-state index contributed by atoms with van der Waals surface area (Å²) in [5.74, 6) is 1.06. The van der Waals surface area contributed by atoms with Crippen LogP contribution in [0.5, 0.6) is 11.5 Å². The van der Waals surface area contributed by atoms with Crippen molar-refractivity contribution in [1.82, 2.24) is 4.98 Å². The van der Waals surface area contributed by atoms with E-state index in [4.69, 9.17) is 9.47 Å². The number of carbonyl (C=O) groups excluding carboxylic acids is 1. The van der Waals surface area contributed by atoms with Crippen molar-refractivity contribution in [2.45, 2.75) is 13.3 Å². The summed E-state index contributed by atoms with van der Waals surface area (Å²) in [7, 11) is 1.67. The Labute approximate surface area is 140 Å². The zero-order valence-corrected chi connectivity index (χ0v) is 13.8. The lowest BCUT2D eigenvalue weighted by molar-refractivity contribution is -0.131. The molecule has 0 saturated heterocycles. The maximum Gasteiger partial charge on any atom is 0.308 e. The minimum absolute atomic E-state index is 0.326. The van der Waals surface area contributed by atoms with Crippen molar-refractivity contribution in [3.63, 3.8) is 0 Å². The predicted molar refractivity (Wildman–Crippen MR) is 94.8 cm³/mol. The number of para-hydroxylation sites is 2. The maximum absolute atomic E-state index is 11.2. The summed E-state index contributed by atoms with van der Waals surface area (Å²) < 4.78 is 10.5. The Bertz CT molecular complexity index is 855. The molecule has 2 N–H and O–H groups in total. The monoisotopic (exact) mass is 324 g/mol. The van der Waals surface area contributed by atoms with E-state index in [1.165, 1.54) is 12.5 Å². The molecule has 0 aliphatic heterocycles. The van der Waals surface area contributed by atoms with Crippen molar-refractivity contribution in [2.24, 2.45) is 0 Å². The molecular formula is C19H20N2O3. The van der Waals surface area contributed by atoms with Crippen molar-refractivity contribution in [2.75, 3.05) is 19.0 Å². The van der Waals surface area contributed by atoms with E-state index in [1.54, 1.807) is 13.2 Å². The first-order valence-electron chi connectivity index (χ1n) is 7.82. The Kier molecular flexibility index (Phi) is 4.70. The Morgan fingerprint density at radius 1 is 1.21 bits per heavy atom. The molecule has 0 aliphatic carbocycles. The molecule has 3 aromatic rings. The van der Waals surface area contributed by atoms with Crippen LogP contribution in [-0.2, 0) is 11.2 Å². The highest BCUT2D eigenvalue weighted by atomic mass is 16.5. The average molecular weight is 324 g/mol. The first kappa shape index (κ1) is 15.9. The molecule has 0 amide bonds. The van der Waals surface area contributed by atoms with Crippen LogP contribution in [0, 0.1) is 0 Å². The number of aromatic amines is 1. The molecule has 0 unspecified atom stereocenters. The van der Waals surface area contributed by atoms with E-state index in [9.17, 15) is 4.79 Å². The van der Waals surface area contributed by atoms with Crippen LogP contribution in [-0.4, -0.2) is 24.6 Å². The lowest BCUT2D eigenvalue weighted by Gasteiger charge is -2.11. The van der Waals surface area contributed by atoms with E-state index in [1.807, 2.05) is 42.6 Å². The fourth-order valence-electron chi connectivity index (χ4n) is 2.68. The third kappa shape index (κ3) is 3.51. The van der Waals surface area contributed by atoms with Gasteiger partial charge in [0.25, 0.3) is 0 Å². The quantitative estimate of drug-likeness (QED) is 0.535. The lowest BCUT2D eigenvalue weighted by atomic mass is 10.1. The Hall–Kier alpha value is -2.95. The van der Waals surface area contributed by atoms with Gasteiger partial charge < -0.3 is 19.8 Å². The van der Waals surface area contributed by atoms with Crippen LogP contribution in [0.4, 0.5) is 5.69 Å². The smallest absolute Gasteiger partial charge is 0.308 e. The van der Waals surface area contributed by atoms with Crippen LogP contribution in [0.3, 0.4) is 0 Å². The fraction of sp³-hybridized carbons (Fsp3) is 0.211. The van der Waals surface area contributed by atoms with Gasteiger partial charge in [-0.3, -0.25) is 4.79 Å². The van der Waals surface area contributed by atoms with Gasteiger partial charge in [0.2, 0.25) is 0 Å². The topological polar surface area (TPSA) is 63.4 Å². The lowest BCUT2D eigenvalue weighted by Crippen LogP contribution is -2.08. The van der Waals surface area contributed by atoms with Crippen LogP contribution >= 0.6 is 0 Å². The molecule has 0 atom stereocenters. The van der Waals surface area contributed by atoms with Gasteiger partial charge in [0.15, 0.2) is 5.75 Å². The van der Waals surface area contributed by atoms with E-state index in [2.05, 4.69) is 10.3 Å². The number of anilines is 1. The van der Waals surface area contributed by atoms with Gasteiger partial charge in [-0.25, -0.2) is 0 Å². The molecule has 0 bridgehead atoms. The van der Waals surface area contributed by atoms with Gasteiger partial charge >= 0.3 is 5.97 Å². The summed E-state index contributed by atoms with van der Waals surface area (Å²) in [6.07, 6.45) is 2.85. The second kappa shape index (κ2) is 7.08. The second-order valence-electron chi connectivity index (χ2n) is 5.49. The van der Waals surface area contributed by atoms with E-state index in [0.717, 1.165) is 35.3 Å². The number of H-pyrrole nitrogens is 1. The number of carbonyl (C=O) groups is 1. The minimum Gasteiger partial charge on any atom is -0.497 e. The number of fused-ring (bicyclic) bond motifs is 1. The van der Waals surface area contributed by atoms with Crippen LogP contribution in [0.15, 0.2) is 48.7 Å². The zero-order valence-electron chi connectivity index (χ0n) is 13.8. The number of hydrogen-bond donors (Lipinski definition) is 2. The summed E-state index contributed by atoms with van der Waals surface area (Å²) in [5, 5.41) is 4.48. The molecule has 0 radical (unpaired) electrons. The Morgan fingerprint density at radius 3 is 2.83 bits per heavy atom. The SMILES string of the molecule is COc1ccc2[nH]cc(CCNc3ccccc3OC(C)=O)c2c1. The van der Waals surface area contributed by atoms with Crippen molar-refractivity contribution in [3.8, 4) is 11.5 Å². The fourth-order valence-corrected chi connectivity index (χ4v) is 2.68. The molecule has 5 nitrogen and oxygen atoms in total. The molecule has 0 aliphatic rings. The van der Waals surface area contributed by atoms with Gasteiger partial charge in [-0.05, 0) is 42.3 Å². The van der Waals surface area contributed by atoms with E-state index >= 15 is 0 Å². The van der Waals surface area contributed by atoms with Gasteiger partial charge in [0.1, 0.15) is 5.75 Å². The molecule has 2 aromatic carbocycles. The highest BCUT2D eigenvalue weighted by Crippen LogP contribution is 2.26. The normalized spacial score (nSPS) is 10.6. The van der Waals surface area contributed by atoms with Crippen molar-refractivity contribution >= 4 is 22.6 Å². The third-order valence-electron chi connectivity index (χ3n) is 3.83. The van der Waals surface area contributed by atoms with Crippen molar-refractivity contribution < 1.29 is 14.3 Å². The molecule has 0 fully saturated rings. The number of nitrogens with one attached hydrogen (secondary N) is 2. The van der Waals surface area contributed by atoms with E-state index in [-0.39, 0.29) is 5.97 Å².